The monoisotopic (exact) mass is 420 g/mol. The van der Waals surface area contributed by atoms with Crippen LogP contribution in [0.25, 0.3) is 33.2 Å². The van der Waals surface area contributed by atoms with E-state index in [2.05, 4.69) is 46.3 Å². The van der Waals surface area contributed by atoms with Crippen LogP contribution in [0.1, 0.15) is 22.3 Å². The minimum absolute atomic E-state index is 0.207. The Labute approximate surface area is 184 Å². The average Bonchev–Trinajstić information content (AvgIpc) is 3.30. The molecule has 6 heteroatoms. The molecule has 0 fully saturated rings. The molecule has 32 heavy (non-hydrogen) atoms. The van der Waals surface area contributed by atoms with Gasteiger partial charge in [0, 0.05) is 34.9 Å². The fourth-order valence-electron chi connectivity index (χ4n) is 4.51. The first-order valence-electron chi connectivity index (χ1n) is 10.7. The second-order valence-electron chi connectivity index (χ2n) is 8.07. The van der Waals surface area contributed by atoms with Crippen LogP contribution in [0.3, 0.4) is 0 Å². The first-order valence-corrected chi connectivity index (χ1v) is 10.7. The predicted molar refractivity (Wildman–Crippen MR) is 126 cm³/mol. The van der Waals surface area contributed by atoms with E-state index in [0.717, 1.165) is 53.1 Å². The van der Waals surface area contributed by atoms with Crippen molar-refractivity contribution >= 4 is 39.4 Å². The maximum atomic E-state index is 11.5. The molecule has 0 atom stereocenters. The van der Waals surface area contributed by atoms with Gasteiger partial charge in [-0.25, -0.2) is 14.8 Å². The number of benzene rings is 3. The van der Waals surface area contributed by atoms with Gasteiger partial charge in [0.2, 0.25) is 0 Å². The van der Waals surface area contributed by atoms with E-state index in [4.69, 9.17) is 9.97 Å². The number of carbonyl (C=O) groups is 1. The molecule has 1 aliphatic heterocycles. The summed E-state index contributed by atoms with van der Waals surface area (Å²) in [4.78, 5) is 26.9. The number of hydrogen-bond acceptors (Lipinski definition) is 4. The summed E-state index contributed by atoms with van der Waals surface area (Å²) < 4.78 is 0. The summed E-state index contributed by atoms with van der Waals surface area (Å²) in [5, 5.41) is 10.6. The van der Waals surface area contributed by atoms with Crippen LogP contribution in [0, 0.1) is 0 Å². The molecule has 0 amide bonds. The maximum Gasteiger partial charge on any atom is 0.335 e. The molecule has 0 spiro atoms. The van der Waals surface area contributed by atoms with Crippen molar-refractivity contribution in [3.8, 4) is 11.3 Å². The SMILES string of the molecule is O=C(O)c1ccc2nc(-c3ccc4[nH]ccc4c3)c(N3CCCc4ccccc43)nc2c1. The fourth-order valence-corrected chi connectivity index (χ4v) is 4.51. The lowest BCUT2D eigenvalue weighted by atomic mass is 10.0. The molecule has 0 unspecified atom stereocenters. The molecule has 0 aliphatic carbocycles. The van der Waals surface area contributed by atoms with Crippen LogP contribution < -0.4 is 4.90 Å². The third-order valence-corrected chi connectivity index (χ3v) is 6.09. The molecule has 2 aromatic heterocycles. The number of H-pyrrole nitrogens is 1. The zero-order valence-electron chi connectivity index (χ0n) is 17.2. The lowest BCUT2D eigenvalue weighted by Gasteiger charge is -2.31. The molecule has 6 nitrogen and oxygen atoms in total. The number of anilines is 2. The van der Waals surface area contributed by atoms with E-state index in [9.17, 15) is 9.90 Å². The van der Waals surface area contributed by atoms with E-state index >= 15 is 0 Å². The van der Waals surface area contributed by atoms with Crippen molar-refractivity contribution in [2.75, 3.05) is 11.4 Å². The number of aromatic amines is 1. The molecule has 0 saturated heterocycles. The van der Waals surface area contributed by atoms with Gasteiger partial charge in [-0.2, -0.15) is 0 Å². The van der Waals surface area contributed by atoms with E-state index in [0.29, 0.717) is 11.0 Å². The van der Waals surface area contributed by atoms with Gasteiger partial charge in [0.05, 0.1) is 16.6 Å². The van der Waals surface area contributed by atoms with Crippen LogP contribution in [0.15, 0.2) is 72.9 Å². The molecule has 2 N–H and O–H groups in total. The number of aryl methyl sites for hydroxylation is 1. The van der Waals surface area contributed by atoms with Crippen molar-refractivity contribution in [2.24, 2.45) is 0 Å². The summed E-state index contributed by atoms with van der Waals surface area (Å²) in [5.41, 5.74) is 6.71. The zero-order chi connectivity index (χ0) is 21.7. The standard InChI is InChI=1S/C26H20N4O2/c31-26(32)19-8-10-21-22(15-19)29-25(30-13-3-5-16-4-1-2-6-23(16)30)24(28-21)18-7-9-20-17(14-18)11-12-27-20/h1-2,4,6-12,14-15,27H,3,5,13H2,(H,31,32). The number of nitrogens with zero attached hydrogens (tertiary/aromatic N) is 3. The average molecular weight is 420 g/mol. The normalized spacial score (nSPS) is 13.4. The molecule has 1 aliphatic rings. The van der Waals surface area contributed by atoms with Crippen molar-refractivity contribution in [3.63, 3.8) is 0 Å². The highest BCUT2D eigenvalue weighted by Crippen LogP contribution is 2.38. The molecule has 0 bridgehead atoms. The predicted octanol–water partition coefficient (Wildman–Crippen LogP) is 5.56. The number of carboxylic acids is 1. The van der Waals surface area contributed by atoms with Crippen LogP contribution in [0.4, 0.5) is 11.5 Å². The molecule has 156 valence electrons. The number of aromatic carboxylic acids is 1. The van der Waals surface area contributed by atoms with Crippen molar-refractivity contribution in [3.05, 3.63) is 84.1 Å². The molecule has 6 rings (SSSR count). The first-order chi connectivity index (χ1) is 15.7. The molecule has 0 radical (unpaired) electrons. The van der Waals surface area contributed by atoms with E-state index in [1.165, 1.54) is 5.56 Å². The van der Waals surface area contributed by atoms with Gasteiger partial charge in [-0.1, -0.05) is 24.3 Å². The number of aromatic nitrogens is 3. The summed E-state index contributed by atoms with van der Waals surface area (Å²) in [5.74, 6) is -0.220. The van der Waals surface area contributed by atoms with Crippen molar-refractivity contribution in [2.45, 2.75) is 12.8 Å². The van der Waals surface area contributed by atoms with Gasteiger partial charge in [-0.15, -0.1) is 0 Å². The van der Waals surface area contributed by atoms with Gasteiger partial charge in [-0.05, 0) is 60.9 Å². The van der Waals surface area contributed by atoms with Gasteiger partial charge in [0.15, 0.2) is 5.82 Å². The van der Waals surface area contributed by atoms with Gasteiger partial charge in [-0.3, -0.25) is 0 Å². The Morgan fingerprint density at radius 2 is 1.88 bits per heavy atom. The van der Waals surface area contributed by atoms with E-state index in [1.807, 2.05) is 18.3 Å². The number of para-hydroxylation sites is 1. The third-order valence-electron chi connectivity index (χ3n) is 6.09. The lowest BCUT2D eigenvalue weighted by Crippen LogP contribution is -2.26. The minimum atomic E-state index is -0.972. The largest absolute Gasteiger partial charge is 0.478 e. The second kappa shape index (κ2) is 7.20. The van der Waals surface area contributed by atoms with Crippen LogP contribution in [-0.2, 0) is 6.42 Å². The van der Waals surface area contributed by atoms with Crippen molar-refractivity contribution in [1.82, 2.24) is 15.0 Å². The smallest absolute Gasteiger partial charge is 0.335 e. The summed E-state index contributed by atoms with van der Waals surface area (Å²) in [7, 11) is 0. The Hall–Kier alpha value is -4.19. The van der Waals surface area contributed by atoms with Crippen molar-refractivity contribution < 1.29 is 9.90 Å². The third kappa shape index (κ3) is 3.00. The Morgan fingerprint density at radius 3 is 2.78 bits per heavy atom. The minimum Gasteiger partial charge on any atom is -0.478 e. The van der Waals surface area contributed by atoms with Crippen LogP contribution in [-0.4, -0.2) is 32.6 Å². The topological polar surface area (TPSA) is 82.1 Å². The van der Waals surface area contributed by atoms with Gasteiger partial charge in [0.25, 0.3) is 0 Å². The molecule has 3 aromatic carbocycles. The molecular formula is C26H20N4O2. The van der Waals surface area contributed by atoms with Gasteiger partial charge >= 0.3 is 5.97 Å². The molecule has 5 aromatic rings. The second-order valence-corrected chi connectivity index (χ2v) is 8.07. The zero-order valence-corrected chi connectivity index (χ0v) is 17.2. The Kier molecular flexibility index (Phi) is 4.18. The number of rotatable bonds is 3. The number of fused-ring (bicyclic) bond motifs is 3. The fraction of sp³-hybridized carbons (Fsp3) is 0.115. The number of hydrogen-bond donors (Lipinski definition) is 2. The van der Waals surface area contributed by atoms with Crippen molar-refractivity contribution in [1.29, 1.82) is 0 Å². The summed E-state index contributed by atoms with van der Waals surface area (Å²) in [6.07, 6.45) is 3.97. The van der Waals surface area contributed by atoms with Crippen LogP contribution in [0.2, 0.25) is 0 Å². The molecule has 3 heterocycles. The van der Waals surface area contributed by atoms with Crippen LogP contribution >= 0.6 is 0 Å². The quantitative estimate of drug-likeness (QED) is 0.399. The summed E-state index contributed by atoms with van der Waals surface area (Å²) >= 11 is 0. The lowest BCUT2D eigenvalue weighted by molar-refractivity contribution is 0.0697. The highest BCUT2D eigenvalue weighted by atomic mass is 16.4. The van der Waals surface area contributed by atoms with Gasteiger partial charge in [0.1, 0.15) is 5.69 Å². The Bertz CT molecular complexity index is 1500. The first kappa shape index (κ1) is 18.6. The summed E-state index contributed by atoms with van der Waals surface area (Å²) in [6, 6.07) is 21.6. The van der Waals surface area contributed by atoms with E-state index in [-0.39, 0.29) is 5.56 Å². The number of nitrogens with one attached hydrogen (secondary N) is 1. The highest BCUT2D eigenvalue weighted by molar-refractivity contribution is 5.95. The highest BCUT2D eigenvalue weighted by Gasteiger charge is 2.24. The van der Waals surface area contributed by atoms with Gasteiger partial charge < -0.3 is 15.0 Å². The maximum absolute atomic E-state index is 11.5. The van der Waals surface area contributed by atoms with E-state index in [1.54, 1.807) is 18.2 Å². The molecule has 0 saturated carbocycles. The van der Waals surface area contributed by atoms with E-state index < -0.39 is 5.97 Å². The molecular weight excluding hydrogens is 400 g/mol. The summed E-state index contributed by atoms with van der Waals surface area (Å²) in [6.45, 7) is 0.829. The number of carboxylic acid groups (broad SMARTS) is 1. The van der Waals surface area contributed by atoms with Crippen LogP contribution in [0.5, 0.6) is 0 Å². The Morgan fingerprint density at radius 1 is 0.969 bits per heavy atom. The Balaban J connectivity index is 1.62.